The summed E-state index contributed by atoms with van der Waals surface area (Å²) in [4.78, 5) is 0. The smallest absolute Gasteiger partial charge is 0.119 e. The van der Waals surface area contributed by atoms with Crippen molar-refractivity contribution < 1.29 is 4.74 Å². The van der Waals surface area contributed by atoms with Gasteiger partial charge in [-0.05, 0) is 55.0 Å². The molecule has 2 heteroatoms. The lowest BCUT2D eigenvalue weighted by atomic mass is 9.89. The Balaban J connectivity index is 2.15. The molecular weight excluding hydrogens is 306 g/mol. The largest absolute Gasteiger partial charge is 0.497 e. The SMILES string of the molecule is COc1ccc2c(c1)c(C)c(CC(C)(C)C)n2Cc1ccc(C)cc1. The molecule has 3 rings (SSSR count). The normalized spacial score (nSPS) is 11.9. The van der Waals surface area contributed by atoms with Gasteiger partial charge in [-0.2, -0.15) is 0 Å². The van der Waals surface area contributed by atoms with Gasteiger partial charge in [-0.25, -0.2) is 0 Å². The Morgan fingerprint density at radius 2 is 1.64 bits per heavy atom. The van der Waals surface area contributed by atoms with E-state index in [9.17, 15) is 0 Å². The average molecular weight is 335 g/mol. The van der Waals surface area contributed by atoms with E-state index in [4.69, 9.17) is 4.74 Å². The summed E-state index contributed by atoms with van der Waals surface area (Å²) in [7, 11) is 1.73. The average Bonchev–Trinajstić information content (AvgIpc) is 2.80. The molecule has 0 spiro atoms. The summed E-state index contributed by atoms with van der Waals surface area (Å²) >= 11 is 0. The monoisotopic (exact) mass is 335 g/mol. The van der Waals surface area contributed by atoms with Crippen molar-refractivity contribution in [3.63, 3.8) is 0 Å². The molecule has 0 bridgehead atoms. The predicted octanol–water partition coefficient (Wildman–Crippen LogP) is 5.90. The van der Waals surface area contributed by atoms with Crippen LogP contribution in [-0.4, -0.2) is 11.7 Å². The van der Waals surface area contributed by atoms with Gasteiger partial charge in [0.15, 0.2) is 0 Å². The van der Waals surface area contributed by atoms with Gasteiger partial charge in [-0.15, -0.1) is 0 Å². The highest BCUT2D eigenvalue weighted by molar-refractivity contribution is 5.87. The van der Waals surface area contributed by atoms with Gasteiger partial charge in [-0.3, -0.25) is 0 Å². The van der Waals surface area contributed by atoms with E-state index in [-0.39, 0.29) is 5.41 Å². The second-order valence-electron chi connectivity index (χ2n) is 8.26. The standard InChI is InChI=1S/C23H29NO/c1-16-7-9-18(10-8-16)15-24-21-12-11-19(25-6)13-20(21)17(2)22(24)14-23(3,4)5/h7-13H,14-15H2,1-6H3. The molecule has 0 aliphatic rings. The third-order valence-electron chi connectivity index (χ3n) is 4.82. The quantitative estimate of drug-likeness (QED) is 0.578. The van der Waals surface area contributed by atoms with Crippen LogP contribution < -0.4 is 4.74 Å². The van der Waals surface area contributed by atoms with Crippen molar-refractivity contribution >= 4 is 10.9 Å². The topological polar surface area (TPSA) is 14.2 Å². The first kappa shape index (κ1) is 17.6. The summed E-state index contributed by atoms with van der Waals surface area (Å²) in [5, 5.41) is 1.30. The van der Waals surface area contributed by atoms with E-state index in [0.29, 0.717) is 0 Å². The number of aromatic nitrogens is 1. The Morgan fingerprint density at radius 1 is 0.960 bits per heavy atom. The lowest BCUT2D eigenvalue weighted by Crippen LogP contribution is -2.15. The number of hydrogen-bond acceptors (Lipinski definition) is 1. The zero-order valence-corrected chi connectivity index (χ0v) is 16.3. The van der Waals surface area contributed by atoms with E-state index in [0.717, 1.165) is 18.7 Å². The Kier molecular flexibility index (Phi) is 4.64. The van der Waals surface area contributed by atoms with Crippen molar-refractivity contribution in [3.05, 3.63) is 64.8 Å². The fourth-order valence-electron chi connectivity index (χ4n) is 3.47. The number of rotatable bonds is 4. The maximum atomic E-state index is 5.45. The minimum Gasteiger partial charge on any atom is -0.497 e. The van der Waals surface area contributed by atoms with Gasteiger partial charge in [0.1, 0.15) is 5.75 Å². The predicted molar refractivity (Wildman–Crippen MR) is 107 cm³/mol. The van der Waals surface area contributed by atoms with Crippen molar-refractivity contribution in [1.29, 1.82) is 0 Å². The zero-order chi connectivity index (χ0) is 18.2. The summed E-state index contributed by atoms with van der Waals surface area (Å²) in [6.07, 6.45) is 1.06. The highest BCUT2D eigenvalue weighted by Gasteiger charge is 2.20. The van der Waals surface area contributed by atoms with E-state index in [1.165, 1.54) is 33.3 Å². The second-order valence-corrected chi connectivity index (χ2v) is 8.26. The molecule has 1 aromatic heterocycles. The first-order valence-corrected chi connectivity index (χ1v) is 9.00. The van der Waals surface area contributed by atoms with Gasteiger partial charge in [0, 0.05) is 23.1 Å². The summed E-state index contributed by atoms with van der Waals surface area (Å²) in [5.74, 6) is 0.922. The molecule has 0 saturated carbocycles. The Hall–Kier alpha value is -2.22. The van der Waals surface area contributed by atoms with Crippen molar-refractivity contribution in [2.24, 2.45) is 5.41 Å². The van der Waals surface area contributed by atoms with Gasteiger partial charge in [0.2, 0.25) is 0 Å². The lowest BCUT2D eigenvalue weighted by Gasteiger charge is -2.21. The van der Waals surface area contributed by atoms with Crippen LogP contribution in [0.2, 0.25) is 0 Å². The fourth-order valence-corrected chi connectivity index (χ4v) is 3.47. The molecule has 0 fully saturated rings. The molecule has 0 saturated heterocycles. The maximum Gasteiger partial charge on any atom is 0.119 e. The number of aryl methyl sites for hydroxylation is 2. The molecule has 132 valence electrons. The van der Waals surface area contributed by atoms with Crippen LogP contribution in [-0.2, 0) is 13.0 Å². The molecule has 1 heterocycles. The molecule has 2 aromatic carbocycles. The number of fused-ring (bicyclic) bond motifs is 1. The summed E-state index contributed by atoms with van der Waals surface area (Å²) in [6, 6.07) is 15.3. The molecule has 0 aliphatic carbocycles. The number of methoxy groups -OCH3 is 1. The molecule has 3 aromatic rings. The van der Waals surface area contributed by atoms with Crippen LogP contribution >= 0.6 is 0 Å². The van der Waals surface area contributed by atoms with Crippen molar-refractivity contribution in [1.82, 2.24) is 4.57 Å². The Bertz CT molecular complexity index is 879. The minimum atomic E-state index is 0.244. The Labute approximate surface area is 151 Å². The number of ether oxygens (including phenoxy) is 1. The van der Waals surface area contributed by atoms with E-state index < -0.39 is 0 Å². The van der Waals surface area contributed by atoms with Crippen LogP contribution in [0.25, 0.3) is 10.9 Å². The number of hydrogen-bond donors (Lipinski definition) is 0. The molecule has 0 radical (unpaired) electrons. The van der Waals surface area contributed by atoms with Crippen molar-refractivity contribution in [2.75, 3.05) is 7.11 Å². The third kappa shape index (κ3) is 3.73. The summed E-state index contributed by atoms with van der Waals surface area (Å²) in [6.45, 7) is 12.2. The van der Waals surface area contributed by atoms with E-state index in [1.807, 2.05) is 0 Å². The highest BCUT2D eigenvalue weighted by atomic mass is 16.5. The zero-order valence-electron chi connectivity index (χ0n) is 16.3. The van der Waals surface area contributed by atoms with E-state index >= 15 is 0 Å². The third-order valence-corrected chi connectivity index (χ3v) is 4.82. The summed E-state index contributed by atoms with van der Waals surface area (Å²) < 4.78 is 7.94. The van der Waals surface area contributed by atoms with Crippen LogP contribution in [0.1, 0.15) is 43.2 Å². The highest BCUT2D eigenvalue weighted by Crippen LogP contribution is 2.33. The first-order valence-electron chi connectivity index (χ1n) is 9.00. The molecule has 0 unspecified atom stereocenters. The fraction of sp³-hybridized carbons (Fsp3) is 0.391. The van der Waals surface area contributed by atoms with Gasteiger partial charge >= 0.3 is 0 Å². The molecule has 0 atom stereocenters. The lowest BCUT2D eigenvalue weighted by molar-refractivity contribution is 0.399. The second kappa shape index (κ2) is 6.59. The van der Waals surface area contributed by atoms with Crippen LogP contribution in [0.4, 0.5) is 0 Å². The number of benzene rings is 2. The Morgan fingerprint density at radius 3 is 2.24 bits per heavy atom. The first-order chi connectivity index (χ1) is 11.8. The van der Waals surface area contributed by atoms with Gasteiger partial charge < -0.3 is 9.30 Å². The van der Waals surface area contributed by atoms with E-state index in [1.54, 1.807) is 7.11 Å². The molecule has 0 N–H and O–H groups in total. The van der Waals surface area contributed by atoms with Gasteiger partial charge in [0.05, 0.1) is 7.11 Å². The molecule has 0 aliphatic heterocycles. The van der Waals surface area contributed by atoms with Crippen molar-refractivity contribution in [3.8, 4) is 5.75 Å². The molecule has 2 nitrogen and oxygen atoms in total. The minimum absolute atomic E-state index is 0.244. The van der Waals surface area contributed by atoms with Crippen molar-refractivity contribution in [2.45, 2.75) is 47.6 Å². The van der Waals surface area contributed by atoms with Crippen LogP contribution in [0.15, 0.2) is 42.5 Å². The molecule has 0 amide bonds. The van der Waals surface area contributed by atoms with Crippen LogP contribution in [0, 0.1) is 19.3 Å². The molecular formula is C23H29NO. The molecule has 25 heavy (non-hydrogen) atoms. The number of nitrogens with zero attached hydrogens (tertiary/aromatic N) is 1. The van der Waals surface area contributed by atoms with Crippen LogP contribution in [0.5, 0.6) is 5.75 Å². The maximum absolute atomic E-state index is 5.45. The van der Waals surface area contributed by atoms with E-state index in [2.05, 4.69) is 81.7 Å². The van der Waals surface area contributed by atoms with Crippen LogP contribution in [0.3, 0.4) is 0 Å². The van der Waals surface area contributed by atoms with Gasteiger partial charge in [0.25, 0.3) is 0 Å². The van der Waals surface area contributed by atoms with Gasteiger partial charge in [-0.1, -0.05) is 50.6 Å². The summed E-state index contributed by atoms with van der Waals surface area (Å²) in [5.41, 5.74) is 6.98.